The average Bonchev–Trinajstić information content (AvgIpc) is 2.26. The third-order valence-electron chi connectivity index (χ3n) is 2.41. The van der Waals surface area contributed by atoms with Gasteiger partial charge in [-0.05, 0) is 25.0 Å². The van der Waals surface area contributed by atoms with Gasteiger partial charge in [-0.25, -0.2) is 8.42 Å². The molecule has 0 bridgehead atoms. The molecule has 0 amide bonds. The predicted octanol–water partition coefficient (Wildman–Crippen LogP) is 2.30. The molecule has 0 aliphatic heterocycles. The van der Waals surface area contributed by atoms with E-state index in [9.17, 15) is 13.2 Å². The zero-order valence-corrected chi connectivity index (χ0v) is 10.7. The van der Waals surface area contributed by atoms with Crippen LogP contribution in [0.2, 0.25) is 0 Å². The summed E-state index contributed by atoms with van der Waals surface area (Å²) in [5.74, 6) is -0.695. The van der Waals surface area contributed by atoms with Gasteiger partial charge in [-0.2, -0.15) is 0 Å². The standard InChI is InChI=1S/C13H16O3S/c1-3-4-8-12(14)10-17(15,16)13-9-6-5-7-11(13)2/h3,5-7,9H,1,4,8,10H2,2H3. The Balaban J connectivity index is 2.86. The highest BCUT2D eigenvalue weighted by atomic mass is 32.2. The minimum absolute atomic E-state index is 0.231. The quantitative estimate of drug-likeness (QED) is 0.730. The van der Waals surface area contributed by atoms with Gasteiger partial charge in [-0.15, -0.1) is 6.58 Å². The molecular formula is C13H16O3S. The molecule has 0 spiro atoms. The second-order valence-corrected chi connectivity index (χ2v) is 5.85. The lowest BCUT2D eigenvalue weighted by molar-refractivity contribution is -0.116. The number of benzene rings is 1. The van der Waals surface area contributed by atoms with Gasteiger partial charge in [0.2, 0.25) is 0 Å². The van der Waals surface area contributed by atoms with Crippen molar-refractivity contribution in [1.82, 2.24) is 0 Å². The van der Waals surface area contributed by atoms with Crippen LogP contribution in [0.15, 0.2) is 41.8 Å². The molecule has 0 saturated carbocycles. The Morgan fingerprint density at radius 3 is 2.59 bits per heavy atom. The zero-order chi connectivity index (χ0) is 12.9. The molecule has 1 aromatic carbocycles. The summed E-state index contributed by atoms with van der Waals surface area (Å²) in [4.78, 5) is 11.7. The number of sulfone groups is 1. The zero-order valence-electron chi connectivity index (χ0n) is 9.85. The number of allylic oxidation sites excluding steroid dienone is 1. The molecule has 0 unspecified atom stereocenters. The predicted molar refractivity (Wildman–Crippen MR) is 67.7 cm³/mol. The molecule has 0 aliphatic rings. The first-order chi connectivity index (χ1) is 7.97. The molecule has 1 rings (SSSR count). The maximum Gasteiger partial charge on any atom is 0.185 e. The topological polar surface area (TPSA) is 51.2 Å². The van der Waals surface area contributed by atoms with Crippen molar-refractivity contribution in [3.05, 3.63) is 42.5 Å². The summed E-state index contributed by atoms with van der Waals surface area (Å²) in [7, 11) is -3.50. The number of hydrogen-bond acceptors (Lipinski definition) is 3. The van der Waals surface area contributed by atoms with Gasteiger partial charge in [-0.3, -0.25) is 4.79 Å². The number of Topliss-reactive ketones (excluding diaryl/α,β-unsaturated/α-hetero) is 1. The molecule has 0 aromatic heterocycles. The molecule has 0 radical (unpaired) electrons. The normalized spacial score (nSPS) is 11.1. The molecule has 0 N–H and O–H groups in total. The van der Waals surface area contributed by atoms with Crippen molar-refractivity contribution >= 4 is 15.6 Å². The SMILES string of the molecule is C=CCCC(=O)CS(=O)(=O)c1ccccc1C. The van der Waals surface area contributed by atoms with Crippen molar-refractivity contribution < 1.29 is 13.2 Å². The van der Waals surface area contributed by atoms with E-state index < -0.39 is 15.6 Å². The van der Waals surface area contributed by atoms with E-state index in [1.54, 1.807) is 31.2 Å². The van der Waals surface area contributed by atoms with Crippen molar-refractivity contribution in [2.75, 3.05) is 5.75 Å². The van der Waals surface area contributed by atoms with E-state index in [1.165, 1.54) is 6.07 Å². The van der Waals surface area contributed by atoms with Crippen molar-refractivity contribution in [1.29, 1.82) is 0 Å². The smallest absolute Gasteiger partial charge is 0.185 e. The van der Waals surface area contributed by atoms with Crippen molar-refractivity contribution in [3.63, 3.8) is 0 Å². The monoisotopic (exact) mass is 252 g/mol. The molecule has 0 atom stereocenters. The van der Waals surface area contributed by atoms with E-state index in [-0.39, 0.29) is 17.1 Å². The first-order valence-corrected chi connectivity index (χ1v) is 7.03. The number of carbonyl (C=O) groups is 1. The number of ketones is 1. The van der Waals surface area contributed by atoms with E-state index >= 15 is 0 Å². The highest BCUT2D eigenvalue weighted by Crippen LogP contribution is 2.16. The Labute approximate surface area is 102 Å². The molecule has 0 aliphatic carbocycles. The van der Waals surface area contributed by atoms with Crippen LogP contribution in [0.4, 0.5) is 0 Å². The van der Waals surface area contributed by atoms with Crippen LogP contribution in [-0.2, 0) is 14.6 Å². The lowest BCUT2D eigenvalue weighted by Gasteiger charge is -2.06. The third-order valence-corrected chi connectivity index (χ3v) is 4.24. The molecule has 92 valence electrons. The maximum atomic E-state index is 12.0. The van der Waals surface area contributed by atoms with Gasteiger partial charge in [-0.1, -0.05) is 24.3 Å². The summed E-state index contributed by atoms with van der Waals surface area (Å²) < 4.78 is 24.0. The van der Waals surface area contributed by atoms with E-state index in [2.05, 4.69) is 6.58 Å². The van der Waals surface area contributed by atoms with Gasteiger partial charge in [0.05, 0.1) is 4.90 Å². The summed E-state index contributed by atoms with van der Waals surface area (Å²) in [5, 5.41) is 0. The van der Waals surface area contributed by atoms with Gasteiger partial charge in [0.1, 0.15) is 11.5 Å². The Morgan fingerprint density at radius 2 is 2.00 bits per heavy atom. The minimum Gasteiger partial charge on any atom is -0.299 e. The molecule has 17 heavy (non-hydrogen) atoms. The second kappa shape index (κ2) is 5.77. The van der Waals surface area contributed by atoms with Crippen LogP contribution in [0.1, 0.15) is 18.4 Å². The van der Waals surface area contributed by atoms with E-state index in [4.69, 9.17) is 0 Å². The van der Waals surface area contributed by atoms with Gasteiger partial charge in [0.15, 0.2) is 9.84 Å². The largest absolute Gasteiger partial charge is 0.299 e. The van der Waals surface area contributed by atoms with Gasteiger partial charge in [0.25, 0.3) is 0 Å². The van der Waals surface area contributed by atoms with Gasteiger partial charge >= 0.3 is 0 Å². The van der Waals surface area contributed by atoms with Crippen molar-refractivity contribution in [3.8, 4) is 0 Å². The van der Waals surface area contributed by atoms with Crippen molar-refractivity contribution in [2.45, 2.75) is 24.7 Å². The van der Waals surface area contributed by atoms with Crippen LogP contribution < -0.4 is 0 Å². The fraction of sp³-hybridized carbons (Fsp3) is 0.308. The van der Waals surface area contributed by atoms with Gasteiger partial charge < -0.3 is 0 Å². The molecular weight excluding hydrogens is 236 g/mol. The Hall–Kier alpha value is -1.42. The van der Waals surface area contributed by atoms with Crippen LogP contribution in [0.3, 0.4) is 0 Å². The fourth-order valence-electron chi connectivity index (χ4n) is 1.53. The van der Waals surface area contributed by atoms with E-state index in [0.29, 0.717) is 12.0 Å². The maximum absolute atomic E-state index is 12.0. The third kappa shape index (κ3) is 3.82. The molecule has 1 aromatic rings. The molecule has 3 nitrogen and oxygen atoms in total. The van der Waals surface area contributed by atoms with Gasteiger partial charge in [0, 0.05) is 6.42 Å². The minimum atomic E-state index is -3.50. The van der Waals surface area contributed by atoms with E-state index in [1.807, 2.05) is 0 Å². The highest BCUT2D eigenvalue weighted by molar-refractivity contribution is 7.92. The number of hydrogen-bond donors (Lipinski definition) is 0. The molecule has 0 heterocycles. The number of rotatable bonds is 6. The van der Waals surface area contributed by atoms with Crippen molar-refractivity contribution in [2.24, 2.45) is 0 Å². The molecule has 4 heteroatoms. The second-order valence-electron chi connectivity index (χ2n) is 3.89. The summed E-state index contributed by atoms with van der Waals surface area (Å²) >= 11 is 0. The number of carbonyl (C=O) groups excluding carboxylic acids is 1. The van der Waals surface area contributed by atoms with Crippen LogP contribution in [0, 0.1) is 6.92 Å². The Kier molecular flexibility index (Phi) is 4.63. The summed E-state index contributed by atoms with van der Waals surface area (Å²) in [6.07, 6.45) is 2.36. The first-order valence-electron chi connectivity index (χ1n) is 5.38. The highest BCUT2D eigenvalue weighted by Gasteiger charge is 2.20. The Bertz CT molecular complexity index is 515. The van der Waals surface area contributed by atoms with Crippen LogP contribution in [0.5, 0.6) is 0 Å². The summed E-state index contributed by atoms with van der Waals surface area (Å²) in [6.45, 7) is 5.22. The first kappa shape index (κ1) is 13.6. The van der Waals surface area contributed by atoms with Crippen LogP contribution in [0.25, 0.3) is 0 Å². The molecule has 0 fully saturated rings. The molecule has 0 saturated heterocycles. The van der Waals surface area contributed by atoms with E-state index in [0.717, 1.165) is 0 Å². The average molecular weight is 252 g/mol. The van der Waals surface area contributed by atoms with Crippen LogP contribution in [-0.4, -0.2) is 20.0 Å². The lowest BCUT2D eigenvalue weighted by atomic mass is 10.2. The summed E-state index contributed by atoms with van der Waals surface area (Å²) in [5.41, 5.74) is 0.670. The fourth-order valence-corrected chi connectivity index (χ4v) is 3.10. The van der Waals surface area contributed by atoms with Crippen LogP contribution >= 0.6 is 0 Å². The lowest BCUT2D eigenvalue weighted by Crippen LogP contribution is -2.16. The Morgan fingerprint density at radius 1 is 1.35 bits per heavy atom. The number of aryl methyl sites for hydroxylation is 1. The summed E-state index contributed by atoms with van der Waals surface area (Å²) in [6, 6.07) is 6.69.